The molecule has 0 aliphatic heterocycles. The van der Waals surface area contributed by atoms with Crippen LogP contribution in [0.15, 0.2) is 41.6 Å². The maximum atomic E-state index is 12.3. The molecule has 0 aliphatic carbocycles. The monoisotopic (exact) mass is 327 g/mol. The van der Waals surface area contributed by atoms with Crippen molar-refractivity contribution < 1.29 is 13.2 Å². The molecule has 0 aliphatic rings. The fraction of sp³-hybridized carbons (Fsp3) is 0.231. The number of anilines is 1. The fourth-order valence-electron chi connectivity index (χ4n) is 1.69. The largest absolute Gasteiger partial charge is 0.384 e. The number of benzene rings is 1. The Morgan fingerprint density at radius 3 is 2.57 bits per heavy atom. The zero-order valence-electron chi connectivity index (χ0n) is 11.3. The van der Waals surface area contributed by atoms with Crippen LogP contribution in [0.3, 0.4) is 0 Å². The number of para-hydroxylation sites is 1. The van der Waals surface area contributed by atoms with E-state index in [1.54, 1.807) is 19.2 Å². The summed E-state index contributed by atoms with van der Waals surface area (Å²) >= 11 is 5.55. The van der Waals surface area contributed by atoms with Crippen molar-refractivity contribution in [3.05, 3.63) is 47.5 Å². The van der Waals surface area contributed by atoms with E-state index in [0.717, 1.165) is 18.0 Å². The molecule has 21 heavy (non-hydrogen) atoms. The maximum Gasteiger partial charge on any atom is 0.264 e. The Morgan fingerprint density at radius 2 is 1.90 bits per heavy atom. The lowest BCUT2D eigenvalue weighted by Gasteiger charge is -2.12. The van der Waals surface area contributed by atoms with Crippen LogP contribution in [0, 0.1) is 0 Å². The third kappa shape index (κ3) is 4.13. The molecular formula is C13H14ClN3O3S. The van der Waals surface area contributed by atoms with Gasteiger partial charge in [-0.3, -0.25) is 4.72 Å². The van der Waals surface area contributed by atoms with Crippen LogP contribution in [0.5, 0.6) is 0 Å². The number of nitrogens with zero attached hydrogens (tertiary/aromatic N) is 2. The molecule has 0 saturated heterocycles. The quantitative estimate of drug-likeness (QED) is 0.822. The van der Waals surface area contributed by atoms with E-state index in [-0.39, 0.29) is 10.2 Å². The maximum absolute atomic E-state index is 12.3. The van der Waals surface area contributed by atoms with Gasteiger partial charge in [0.2, 0.25) is 5.28 Å². The number of rotatable bonds is 6. The summed E-state index contributed by atoms with van der Waals surface area (Å²) in [6.07, 6.45) is 2.93. The van der Waals surface area contributed by atoms with Crippen molar-refractivity contribution >= 4 is 27.3 Å². The number of methoxy groups -OCH3 is 1. The van der Waals surface area contributed by atoms with Crippen LogP contribution in [0.2, 0.25) is 5.28 Å². The minimum atomic E-state index is -3.75. The first-order chi connectivity index (χ1) is 10.0. The predicted octanol–water partition coefficient (Wildman–Crippen LogP) is 2.12. The second-order valence-corrected chi connectivity index (χ2v) is 6.21. The molecule has 1 N–H and O–H groups in total. The number of aromatic nitrogens is 2. The summed E-state index contributed by atoms with van der Waals surface area (Å²) in [5.74, 6) is 0. The Kier molecular flexibility index (Phi) is 5.11. The molecule has 6 nitrogen and oxygen atoms in total. The van der Waals surface area contributed by atoms with Crippen molar-refractivity contribution in [2.24, 2.45) is 0 Å². The van der Waals surface area contributed by atoms with Gasteiger partial charge < -0.3 is 4.74 Å². The highest BCUT2D eigenvalue weighted by Gasteiger charge is 2.16. The highest BCUT2D eigenvalue weighted by molar-refractivity contribution is 7.92. The average Bonchev–Trinajstić information content (AvgIpc) is 2.46. The standard InChI is InChI=1S/C13H14ClN3O3S/c1-20-7-6-10-4-2-3-5-12(10)17-21(18,19)11-8-15-13(14)16-9-11/h2-5,8-9,17H,6-7H2,1H3. The summed E-state index contributed by atoms with van der Waals surface area (Å²) in [5, 5.41) is -0.00514. The number of hydrogen-bond donors (Lipinski definition) is 1. The first-order valence-electron chi connectivity index (χ1n) is 6.10. The minimum absolute atomic E-state index is 0.00514. The molecule has 0 bridgehead atoms. The first-order valence-corrected chi connectivity index (χ1v) is 7.96. The fourth-order valence-corrected chi connectivity index (χ4v) is 2.78. The molecule has 0 radical (unpaired) electrons. The van der Waals surface area contributed by atoms with E-state index in [9.17, 15) is 8.42 Å². The topological polar surface area (TPSA) is 81.2 Å². The lowest BCUT2D eigenvalue weighted by Crippen LogP contribution is -2.15. The third-order valence-corrected chi connectivity index (χ3v) is 4.26. The molecule has 2 rings (SSSR count). The molecule has 2 aromatic rings. The van der Waals surface area contributed by atoms with Crippen molar-refractivity contribution in [1.29, 1.82) is 0 Å². The molecule has 0 amide bonds. The summed E-state index contributed by atoms with van der Waals surface area (Å²) in [5.41, 5.74) is 1.35. The van der Waals surface area contributed by atoms with Gasteiger partial charge in [-0.1, -0.05) is 18.2 Å². The van der Waals surface area contributed by atoms with Crippen LogP contribution < -0.4 is 4.72 Å². The summed E-state index contributed by atoms with van der Waals surface area (Å²) in [6, 6.07) is 7.13. The molecule has 1 heterocycles. The van der Waals surface area contributed by atoms with Gasteiger partial charge in [0.25, 0.3) is 10.0 Å². The van der Waals surface area contributed by atoms with Crippen molar-refractivity contribution in [3.8, 4) is 0 Å². The Balaban J connectivity index is 2.26. The van der Waals surface area contributed by atoms with Crippen LogP contribution in [0.25, 0.3) is 0 Å². The van der Waals surface area contributed by atoms with Gasteiger partial charge in [-0.25, -0.2) is 18.4 Å². The van der Waals surface area contributed by atoms with E-state index in [1.807, 2.05) is 12.1 Å². The van der Waals surface area contributed by atoms with Crippen LogP contribution in [0.1, 0.15) is 5.56 Å². The number of nitrogens with one attached hydrogen (secondary N) is 1. The Bertz CT molecular complexity index is 705. The number of ether oxygens (including phenoxy) is 1. The van der Waals surface area contributed by atoms with Gasteiger partial charge in [-0.2, -0.15) is 0 Å². The molecule has 8 heteroatoms. The van der Waals surface area contributed by atoms with Crippen molar-refractivity contribution in [2.45, 2.75) is 11.3 Å². The number of hydrogen-bond acceptors (Lipinski definition) is 5. The highest BCUT2D eigenvalue weighted by atomic mass is 35.5. The van der Waals surface area contributed by atoms with Gasteiger partial charge in [0, 0.05) is 7.11 Å². The SMILES string of the molecule is COCCc1ccccc1NS(=O)(=O)c1cnc(Cl)nc1. The second kappa shape index (κ2) is 6.84. The van der Waals surface area contributed by atoms with Crippen molar-refractivity contribution in [1.82, 2.24) is 9.97 Å². The molecular weight excluding hydrogens is 314 g/mol. The van der Waals surface area contributed by atoms with Gasteiger partial charge in [0.1, 0.15) is 4.90 Å². The van der Waals surface area contributed by atoms with Gasteiger partial charge in [-0.15, -0.1) is 0 Å². The van der Waals surface area contributed by atoms with E-state index in [0.29, 0.717) is 18.7 Å². The van der Waals surface area contributed by atoms with Gasteiger partial charge in [0.15, 0.2) is 0 Å². The molecule has 0 atom stereocenters. The van der Waals surface area contributed by atoms with Crippen LogP contribution in [-0.2, 0) is 21.2 Å². The lowest BCUT2D eigenvalue weighted by molar-refractivity contribution is 0.202. The van der Waals surface area contributed by atoms with Crippen molar-refractivity contribution in [2.75, 3.05) is 18.4 Å². The van der Waals surface area contributed by atoms with E-state index in [2.05, 4.69) is 14.7 Å². The Morgan fingerprint density at radius 1 is 1.24 bits per heavy atom. The van der Waals surface area contributed by atoms with E-state index in [4.69, 9.17) is 16.3 Å². The average molecular weight is 328 g/mol. The molecule has 0 unspecified atom stereocenters. The van der Waals surface area contributed by atoms with Gasteiger partial charge in [0.05, 0.1) is 24.7 Å². The molecule has 0 fully saturated rings. The van der Waals surface area contributed by atoms with Crippen LogP contribution in [-0.4, -0.2) is 32.1 Å². The number of sulfonamides is 1. The Labute approximate surface area is 128 Å². The number of halogens is 1. The first kappa shape index (κ1) is 15.7. The smallest absolute Gasteiger partial charge is 0.264 e. The van der Waals surface area contributed by atoms with E-state index in [1.165, 1.54) is 0 Å². The van der Waals surface area contributed by atoms with Crippen LogP contribution >= 0.6 is 11.6 Å². The molecule has 1 aromatic heterocycles. The highest BCUT2D eigenvalue weighted by Crippen LogP contribution is 2.20. The summed E-state index contributed by atoms with van der Waals surface area (Å²) in [6.45, 7) is 0.503. The zero-order valence-corrected chi connectivity index (χ0v) is 12.9. The van der Waals surface area contributed by atoms with Gasteiger partial charge in [-0.05, 0) is 29.7 Å². The predicted molar refractivity (Wildman–Crippen MR) is 79.9 cm³/mol. The normalized spacial score (nSPS) is 11.3. The molecule has 1 aromatic carbocycles. The molecule has 0 spiro atoms. The second-order valence-electron chi connectivity index (χ2n) is 4.19. The molecule has 0 saturated carbocycles. The van der Waals surface area contributed by atoms with Crippen molar-refractivity contribution in [3.63, 3.8) is 0 Å². The molecule has 112 valence electrons. The minimum Gasteiger partial charge on any atom is -0.384 e. The van der Waals surface area contributed by atoms with Gasteiger partial charge >= 0.3 is 0 Å². The Hall–Kier alpha value is -1.70. The van der Waals surface area contributed by atoms with E-state index >= 15 is 0 Å². The van der Waals surface area contributed by atoms with E-state index < -0.39 is 10.0 Å². The summed E-state index contributed by atoms with van der Waals surface area (Å²) in [4.78, 5) is 7.30. The summed E-state index contributed by atoms with van der Waals surface area (Å²) in [7, 11) is -2.16. The lowest BCUT2D eigenvalue weighted by atomic mass is 10.1. The third-order valence-electron chi connectivity index (χ3n) is 2.74. The summed E-state index contributed by atoms with van der Waals surface area (Å²) < 4.78 is 32.1. The van der Waals surface area contributed by atoms with Crippen LogP contribution in [0.4, 0.5) is 5.69 Å². The zero-order chi connectivity index (χ0) is 15.3.